The number of piperidine rings is 1. The van der Waals surface area contributed by atoms with Crippen LogP contribution in [0, 0.1) is 0 Å². The largest absolute Gasteiger partial charge is 0.376 e. The summed E-state index contributed by atoms with van der Waals surface area (Å²) in [7, 11) is 1.84. The standard InChI is InChI=1S/C13H21N3O2/c1-3-7-18-11-5-4-6-16(9-11)13(17)12-8-14-10-15(12)2/h8,10-11H,3-7,9H2,1-2H3. The fourth-order valence-corrected chi connectivity index (χ4v) is 2.27. The minimum absolute atomic E-state index is 0.0554. The number of nitrogens with zero attached hydrogens (tertiary/aromatic N) is 3. The molecule has 0 aromatic carbocycles. The van der Waals surface area contributed by atoms with Crippen molar-refractivity contribution in [3.8, 4) is 0 Å². The van der Waals surface area contributed by atoms with Crippen LogP contribution in [-0.4, -0.2) is 46.2 Å². The van der Waals surface area contributed by atoms with Gasteiger partial charge in [-0.1, -0.05) is 6.92 Å². The molecule has 2 heterocycles. The van der Waals surface area contributed by atoms with Crippen LogP contribution in [0.25, 0.3) is 0 Å². The van der Waals surface area contributed by atoms with Crippen LogP contribution in [0.2, 0.25) is 0 Å². The first kappa shape index (κ1) is 13.1. The van der Waals surface area contributed by atoms with E-state index in [2.05, 4.69) is 11.9 Å². The minimum atomic E-state index is 0.0554. The maximum Gasteiger partial charge on any atom is 0.272 e. The van der Waals surface area contributed by atoms with E-state index in [0.717, 1.165) is 32.4 Å². The second kappa shape index (κ2) is 6.00. The third-order valence-electron chi connectivity index (χ3n) is 3.26. The fraction of sp³-hybridized carbons (Fsp3) is 0.692. The lowest BCUT2D eigenvalue weighted by atomic mass is 10.1. The van der Waals surface area contributed by atoms with Gasteiger partial charge in [0.1, 0.15) is 5.69 Å². The molecular formula is C13H21N3O2. The Balaban J connectivity index is 1.96. The number of aryl methyl sites for hydroxylation is 1. The number of likely N-dealkylation sites (tertiary alicyclic amines) is 1. The number of imidazole rings is 1. The number of amides is 1. The van der Waals surface area contributed by atoms with Crippen LogP contribution in [0.5, 0.6) is 0 Å². The lowest BCUT2D eigenvalue weighted by Gasteiger charge is -2.32. The van der Waals surface area contributed by atoms with Crippen LogP contribution in [0.3, 0.4) is 0 Å². The first-order chi connectivity index (χ1) is 8.72. The molecule has 0 N–H and O–H groups in total. The van der Waals surface area contributed by atoms with Gasteiger partial charge in [-0.05, 0) is 19.3 Å². The predicted molar refractivity (Wildman–Crippen MR) is 68.4 cm³/mol. The Kier molecular flexibility index (Phi) is 4.36. The highest BCUT2D eigenvalue weighted by Crippen LogP contribution is 2.16. The van der Waals surface area contributed by atoms with Crippen LogP contribution >= 0.6 is 0 Å². The van der Waals surface area contributed by atoms with E-state index < -0.39 is 0 Å². The predicted octanol–water partition coefficient (Wildman–Crippen LogP) is 1.45. The summed E-state index contributed by atoms with van der Waals surface area (Å²) in [5, 5.41) is 0. The van der Waals surface area contributed by atoms with Gasteiger partial charge in [-0.15, -0.1) is 0 Å². The van der Waals surface area contributed by atoms with E-state index >= 15 is 0 Å². The maximum absolute atomic E-state index is 12.3. The monoisotopic (exact) mass is 251 g/mol. The van der Waals surface area contributed by atoms with Gasteiger partial charge in [0.15, 0.2) is 0 Å². The van der Waals surface area contributed by atoms with Crippen LogP contribution in [0.15, 0.2) is 12.5 Å². The van der Waals surface area contributed by atoms with Crippen molar-refractivity contribution in [1.29, 1.82) is 0 Å². The van der Waals surface area contributed by atoms with Gasteiger partial charge in [-0.2, -0.15) is 0 Å². The summed E-state index contributed by atoms with van der Waals surface area (Å²) in [6, 6.07) is 0. The molecule has 1 unspecified atom stereocenters. The highest BCUT2D eigenvalue weighted by atomic mass is 16.5. The van der Waals surface area contributed by atoms with Gasteiger partial charge in [-0.25, -0.2) is 4.98 Å². The summed E-state index contributed by atoms with van der Waals surface area (Å²) in [4.78, 5) is 18.2. The van der Waals surface area contributed by atoms with Crippen molar-refractivity contribution in [2.45, 2.75) is 32.3 Å². The Morgan fingerprint density at radius 3 is 3.11 bits per heavy atom. The topological polar surface area (TPSA) is 47.4 Å². The SMILES string of the molecule is CCCOC1CCCN(C(=O)c2cncn2C)C1. The van der Waals surface area contributed by atoms with E-state index in [-0.39, 0.29) is 12.0 Å². The molecule has 100 valence electrons. The summed E-state index contributed by atoms with van der Waals surface area (Å²) in [5.74, 6) is 0.0554. The number of carbonyl (C=O) groups excluding carboxylic acids is 1. The number of aromatic nitrogens is 2. The fourth-order valence-electron chi connectivity index (χ4n) is 2.27. The lowest BCUT2D eigenvalue weighted by Crippen LogP contribution is -2.43. The molecule has 0 bridgehead atoms. The number of rotatable bonds is 4. The van der Waals surface area contributed by atoms with Crippen LogP contribution in [-0.2, 0) is 11.8 Å². The summed E-state index contributed by atoms with van der Waals surface area (Å²) >= 11 is 0. The van der Waals surface area contributed by atoms with E-state index in [1.54, 1.807) is 17.1 Å². The first-order valence-corrected chi connectivity index (χ1v) is 6.59. The molecule has 1 aliphatic rings. The Hall–Kier alpha value is -1.36. The van der Waals surface area contributed by atoms with E-state index in [4.69, 9.17) is 4.74 Å². The second-order valence-corrected chi connectivity index (χ2v) is 4.78. The van der Waals surface area contributed by atoms with Gasteiger partial charge in [0.05, 0.1) is 18.6 Å². The molecule has 0 radical (unpaired) electrons. The van der Waals surface area contributed by atoms with E-state index in [1.165, 1.54) is 0 Å². The molecule has 0 aliphatic carbocycles. The van der Waals surface area contributed by atoms with Gasteiger partial charge < -0.3 is 14.2 Å². The highest BCUT2D eigenvalue weighted by molar-refractivity contribution is 5.92. The van der Waals surface area contributed by atoms with E-state index in [1.807, 2.05) is 11.9 Å². The molecule has 1 fully saturated rings. The molecule has 5 heteroatoms. The summed E-state index contributed by atoms with van der Waals surface area (Å²) in [5.41, 5.74) is 0.645. The third kappa shape index (κ3) is 2.90. The van der Waals surface area contributed by atoms with Gasteiger partial charge in [0, 0.05) is 26.7 Å². The summed E-state index contributed by atoms with van der Waals surface area (Å²) in [6.45, 7) is 4.39. The van der Waals surface area contributed by atoms with Gasteiger partial charge >= 0.3 is 0 Å². The molecule has 5 nitrogen and oxygen atoms in total. The molecule has 1 amide bonds. The Morgan fingerprint density at radius 2 is 2.44 bits per heavy atom. The molecule has 1 atom stereocenters. The first-order valence-electron chi connectivity index (χ1n) is 6.59. The zero-order valence-electron chi connectivity index (χ0n) is 11.1. The molecule has 1 saturated heterocycles. The normalized spacial score (nSPS) is 20.1. The van der Waals surface area contributed by atoms with Crippen molar-refractivity contribution in [2.24, 2.45) is 7.05 Å². The van der Waals surface area contributed by atoms with Crippen molar-refractivity contribution in [2.75, 3.05) is 19.7 Å². The maximum atomic E-state index is 12.3. The molecule has 1 aliphatic heterocycles. The van der Waals surface area contributed by atoms with Crippen LogP contribution < -0.4 is 0 Å². The van der Waals surface area contributed by atoms with Crippen molar-refractivity contribution in [1.82, 2.24) is 14.5 Å². The summed E-state index contributed by atoms with van der Waals surface area (Å²) in [6.07, 6.45) is 6.55. The van der Waals surface area contributed by atoms with Gasteiger partial charge in [0.2, 0.25) is 0 Å². The Morgan fingerprint density at radius 1 is 1.61 bits per heavy atom. The minimum Gasteiger partial charge on any atom is -0.376 e. The quantitative estimate of drug-likeness (QED) is 0.813. The molecule has 0 spiro atoms. The third-order valence-corrected chi connectivity index (χ3v) is 3.26. The lowest BCUT2D eigenvalue weighted by molar-refractivity contribution is 0.00180. The molecule has 2 rings (SSSR count). The zero-order chi connectivity index (χ0) is 13.0. The van der Waals surface area contributed by atoms with E-state index in [0.29, 0.717) is 12.2 Å². The molecular weight excluding hydrogens is 230 g/mol. The van der Waals surface area contributed by atoms with Gasteiger partial charge in [-0.3, -0.25) is 4.79 Å². The van der Waals surface area contributed by atoms with Crippen molar-refractivity contribution in [3.63, 3.8) is 0 Å². The highest BCUT2D eigenvalue weighted by Gasteiger charge is 2.26. The van der Waals surface area contributed by atoms with Crippen LogP contribution in [0.4, 0.5) is 0 Å². The molecule has 0 saturated carbocycles. The summed E-state index contributed by atoms with van der Waals surface area (Å²) < 4.78 is 7.51. The Labute approximate surface area is 108 Å². The smallest absolute Gasteiger partial charge is 0.272 e. The van der Waals surface area contributed by atoms with Crippen molar-refractivity contribution < 1.29 is 9.53 Å². The number of hydrogen-bond acceptors (Lipinski definition) is 3. The molecule has 1 aromatic rings. The number of hydrogen-bond donors (Lipinski definition) is 0. The van der Waals surface area contributed by atoms with Crippen molar-refractivity contribution in [3.05, 3.63) is 18.2 Å². The second-order valence-electron chi connectivity index (χ2n) is 4.78. The van der Waals surface area contributed by atoms with Crippen molar-refractivity contribution >= 4 is 5.91 Å². The van der Waals surface area contributed by atoms with Gasteiger partial charge in [0.25, 0.3) is 5.91 Å². The molecule has 18 heavy (non-hydrogen) atoms. The molecule has 1 aromatic heterocycles. The zero-order valence-corrected chi connectivity index (χ0v) is 11.1. The average molecular weight is 251 g/mol. The van der Waals surface area contributed by atoms with Crippen LogP contribution in [0.1, 0.15) is 36.7 Å². The van der Waals surface area contributed by atoms with E-state index in [9.17, 15) is 4.79 Å². The average Bonchev–Trinajstić information content (AvgIpc) is 2.82. The Bertz CT molecular complexity index is 403. The number of carbonyl (C=O) groups is 1. The number of ether oxygens (including phenoxy) is 1.